The van der Waals surface area contributed by atoms with Gasteiger partial charge in [0, 0.05) is 12.1 Å². The molecule has 0 radical (unpaired) electrons. The van der Waals surface area contributed by atoms with Gasteiger partial charge in [0.15, 0.2) is 5.15 Å². The van der Waals surface area contributed by atoms with Gasteiger partial charge in [0.1, 0.15) is 11.6 Å². The van der Waals surface area contributed by atoms with E-state index in [1.54, 1.807) is 6.07 Å². The van der Waals surface area contributed by atoms with Gasteiger partial charge in [-0.05, 0) is 24.6 Å². The number of imidazole rings is 1. The first-order valence-electron chi connectivity index (χ1n) is 6.52. The number of hydrogen-bond acceptors (Lipinski definition) is 2. The lowest BCUT2D eigenvalue weighted by Gasteiger charge is -2.05. The van der Waals surface area contributed by atoms with Crippen LogP contribution in [0.15, 0.2) is 18.2 Å². The molecule has 2 N–H and O–H groups in total. The molecule has 0 spiro atoms. The molecule has 0 bridgehead atoms. The maximum absolute atomic E-state index is 13.3. The van der Waals surface area contributed by atoms with Gasteiger partial charge in [0.05, 0.1) is 17.3 Å². The van der Waals surface area contributed by atoms with Crippen molar-refractivity contribution in [2.24, 2.45) is 0 Å². The molecule has 1 heterocycles. The monoisotopic (exact) mass is 315 g/mol. The highest BCUT2D eigenvalue weighted by atomic mass is 35.5. The van der Waals surface area contributed by atoms with Gasteiger partial charge in [-0.25, -0.2) is 9.37 Å². The highest BCUT2D eigenvalue weighted by Crippen LogP contribution is 2.20. The van der Waals surface area contributed by atoms with Crippen LogP contribution in [-0.2, 0) is 13.0 Å². The standard InChI is InChI=1S/C14H16Cl2FN3/c1-2-3-4-13-19-12(14(16)20-13)8-18-9-5-6-10(15)11(17)7-9/h5-7,18H,2-4,8H2,1H3,(H,19,20). The SMILES string of the molecule is CCCCc1nc(Cl)c(CNc2ccc(Cl)c(F)c2)[nH]1. The van der Waals surface area contributed by atoms with E-state index in [0.717, 1.165) is 30.8 Å². The Bertz CT molecular complexity index is 584. The summed E-state index contributed by atoms with van der Waals surface area (Å²) >= 11 is 11.7. The van der Waals surface area contributed by atoms with Gasteiger partial charge in [-0.15, -0.1) is 0 Å². The highest BCUT2D eigenvalue weighted by molar-refractivity contribution is 6.30. The molecule has 20 heavy (non-hydrogen) atoms. The second-order valence-corrected chi connectivity index (χ2v) is 5.30. The van der Waals surface area contributed by atoms with Gasteiger partial charge in [-0.1, -0.05) is 36.5 Å². The van der Waals surface area contributed by atoms with Gasteiger partial charge < -0.3 is 10.3 Å². The molecule has 0 aliphatic heterocycles. The molecule has 1 aromatic heterocycles. The van der Waals surface area contributed by atoms with Gasteiger partial charge in [-0.3, -0.25) is 0 Å². The Hall–Kier alpha value is -1.26. The van der Waals surface area contributed by atoms with E-state index in [-0.39, 0.29) is 5.02 Å². The Morgan fingerprint density at radius 2 is 2.15 bits per heavy atom. The number of halogens is 3. The average molecular weight is 316 g/mol. The van der Waals surface area contributed by atoms with Crippen molar-refractivity contribution in [1.29, 1.82) is 0 Å². The minimum atomic E-state index is -0.448. The Kier molecular flexibility index (Phi) is 5.26. The van der Waals surface area contributed by atoms with Crippen molar-refractivity contribution < 1.29 is 4.39 Å². The fraction of sp³-hybridized carbons (Fsp3) is 0.357. The summed E-state index contributed by atoms with van der Waals surface area (Å²) in [6.45, 7) is 2.58. The molecule has 6 heteroatoms. The summed E-state index contributed by atoms with van der Waals surface area (Å²) in [5.74, 6) is 0.437. The van der Waals surface area contributed by atoms with Crippen LogP contribution in [0, 0.1) is 5.82 Å². The van der Waals surface area contributed by atoms with Crippen LogP contribution in [0.1, 0.15) is 31.3 Å². The number of benzene rings is 1. The molecule has 2 rings (SSSR count). The van der Waals surface area contributed by atoms with Crippen LogP contribution in [0.3, 0.4) is 0 Å². The molecule has 3 nitrogen and oxygen atoms in total. The van der Waals surface area contributed by atoms with E-state index in [1.807, 2.05) is 0 Å². The van der Waals surface area contributed by atoms with Gasteiger partial charge in [0.2, 0.25) is 0 Å². The molecule has 0 saturated carbocycles. The van der Waals surface area contributed by atoms with E-state index >= 15 is 0 Å². The number of hydrogen-bond donors (Lipinski definition) is 2. The zero-order valence-corrected chi connectivity index (χ0v) is 12.7. The summed E-state index contributed by atoms with van der Waals surface area (Å²) in [6, 6.07) is 4.58. The second kappa shape index (κ2) is 6.95. The summed E-state index contributed by atoms with van der Waals surface area (Å²) in [6.07, 6.45) is 3.06. The number of unbranched alkanes of at least 4 members (excludes halogenated alkanes) is 1. The Morgan fingerprint density at radius 1 is 1.35 bits per heavy atom. The first-order chi connectivity index (χ1) is 9.60. The third-order valence-electron chi connectivity index (χ3n) is 2.93. The van der Waals surface area contributed by atoms with E-state index in [9.17, 15) is 4.39 Å². The molecule has 108 valence electrons. The fourth-order valence-electron chi connectivity index (χ4n) is 1.82. The largest absolute Gasteiger partial charge is 0.379 e. The van der Waals surface area contributed by atoms with Crippen molar-refractivity contribution >= 4 is 28.9 Å². The van der Waals surface area contributed by atoms with Crippen molar-refractivity contribution in [3.05, 3.63) is 45.7 Å². The first-order valence-corrected chi connectivity index (χ1v) is 7.28. The van der Waals surface area contributed by atoms with Crippen LogP contribution >= 0.6 is 23.2 Å². The lowest BCUT2D eigenvalue weighted by Crippen LogP contribution is -2.01. The van der Waals surface area contributed by atoms with E-state index in [2.05, 4.69) is 22.2 Å². The quantitative estimate of drug-likeness (QED) is 0.803. The smallest absolute Gasteiger partial charge is 0.152 e. The molecular weight excluding hydrogens is 300 g/mol. The summed E-state index contributed by atoms with van der Waals surface area (Å²) in [5, 5.41) is 3.65. The summed E-state index contributed by atoms with van der Waals surface area (Å²) in [4.78, 5) is 7.45. The van der Waals surface area contributed by atoms with Crippen LogP contribution in [0.4, 0.5) is 10.1 Å². The second-order valence-electron chi connectivity index (χ2n) is 4.54. The predicted octanol–water partition coefficient (Wildman–Crippen LogP) is 4.81. The molecule has 2 aromatic rings. The topological polar surface area (TPSA) is 40.7 Å². The van der Waals surface area contributed by atoms with E-state index in [4.69, 9.17) is 23.2 Å². The van der Waals surface area contributed by atoms with Crippen molar-refractivity contribution in [1.82, 2.24) is 9.97 Å². The Morgan fingerprint density at radius 3 is 2.85 bits per heavy atom. The third-order valence-corrected chi connectivity index (χ3v) is 3.55. The molecule has 1 aromatic carbocycles. The number of nitrogens with zero attached hydrogens (tertiary/aromatic N) is 1. The third kappa shape index (κ3) is 3.87. The summed E-state index contributed by atoms with van der Waals surface area (Å²) in [5.41, 5.74) is 1.45. The minimum Gasteiger partial charge on any atom is -0.379 e. The predicted molar refractivity (Wildman–Crippen MR) is 80.9 cm³/mol. The molecule has 0 atom stereocenters. The number of rotatable bonds is 6. The van der Waals surface area contributed by atoms with Crippen LogP contribution in [0.2, 0.25) is 10.2 Å². The highest BCUT2D eigenvalue weighted by Gasteiger charge is 2.08. The van der Waals surface area contributed by atoms with E-state index in [0.29, 0.717) is 17.4 Å². The number of nitrogens with one attached hydrogen (secondary N) is 2. The van der Waals surface area contributed by atoms with E-state index < -0.39 is 5.82 Å². The summed E-state index contributed by atoms with van der Waals surface area (Å²) in [7, 11) is 0. The van der Waals surface area contributed by atoms with Crippen molar-refractivity contribution in [2.45, 2.75) is 32.7 Å². The number of aryl methyl sites for hydroxylation is 1. The van der Waals surface area contributed by atoms with Crippen molar-refractivity contribution in [2.75, 3.05) is 5.32 Å². The van der Waals surface area contributed by atoms with Crippen molar-refractivity contribution in [3.63, 3.8) is 0 Å². The number of anilines is 1. The maximum Gasteiger partial charge on any atom is 0.152 e. The molecule has 0 saturated heterocycles. The Balaban J connectivity index is 1.99. The van der Waals surface area contributed by atoms with Gasteiger partial charge in [-0.2, -0.15) is 0 Å². The molecule has 0 aliphatic rings. The zero-order chi connectivity index (χ0) is 14.5. The van der Waals surface area contributed by atoms with Crippen molar-refractivity contribution in [3.8, 4) is 0 Å². The normalized spacial score (nSPS) is 10.8. The minimum absolute atomic E-state index is 0.108. The lowest BCUT2D eigenvalue weighted by atomic mass is 10.2. The molecule has 0 fully saturated rings. The maximum atomic E-state index is 13.3. The fourth-order valence-corrected chi connectivity index (χ4v) is 2.15. The van der Waals surface area contributed by atoms with Crippen LogP contribution in [0.5, 0.6) is 0 Å². The Labute approximate surface area is 127 Å². The molecule has 0 aliphatic carbocycles. The van der Waals surface area contributed by atoms with Crippen LogP contribution in [-0.4, -0.2) is 9.97 Å². The lowest BCUT2D eigenvalue weighted by molar-refractivity contribution is 0.628. The zero-order valence-electron chi connectivity index (χ0n) is 11.1. The molecule has 0 amide bonds. The average Bonchev–Trinajstić information content (AvgIpc) is 2.78. The van der Waals surface area contributed by atoms with E-state index in [1.165, 1.54) is 12.1 Å². The van der Waals surface area contributed by atoms with Gasteiger partial charge >= 0.3 is 0 Å². The number of H-pyrrole nitrogens is 1. The number of aromatic nitrogens is 2. The first kappa shape index (κ1) is 15.1. The number of aromatic amines is 1. The molecular formula is C14H16Cl2FN3. The summed E-state index contributed by atoms with van der Waals surface area (Å²) < 4.78 is 13.3. The van der Waals surface area contributed by atoms with Crippen LogP contribution < -0.4 is 5.32 Å². The molecule has 0 unspecified atom stereocenters. The van der Waals surface area contributed by atoms with Crippen LogP contribution in [0.25, 0.3) is 0 Å². The van der Waals surface area contributed by atoms with Gasteiger partial charge in [0.25, 0.3) is 0 Å².